The maximum absolute atomic E-state index is 10.8. The van der Waals surface area contributed by atoms with Gasteiger partial charge in [0, 0.05) is 16.5 Å². The van der Waals surface area contributed by atoms with E-state index >= 15 is 0 Å². The van der Waals surface area contributed by atoms with Gasteiger partial charge in [0.05, 0.1) is 35.1 Å². The molecule has 5 aromatic carbocycles. The Labute approximate surface area is 255 Å². The molecule has 2 heterocycles. The average molecular weight is 570 g/mol. The van der Waals surface area contributed by atoms with Gasteiger partial charge in [-0.05, 0) is 76.3 Å². The zero-order chi connectivity index (χ0) is 29.7. The molecule has 5 heteroatoms. The highest BCUT2D eigenvalue weighted by molar-refractivity contribution is 5.93. The molecule has 0 bridgehead atoms. The molecular formula is C39H27N3O2. The van der Waals surface area contributed by atoms with E-state index in [4.69, 9.17) is 14.7 Å². The Bertz CT molecular complexity index is 2160. The van der Waals surface area contributed by atoms with Crippen LogP contribution in [0.5, 0.6) is 11.5 Å². The predicted octanol–water partition coefficient (Wildman–Crippen LogP) is 8.44. The summed E-state index contributed by atoms with van der Waals surface area (Å²) in [6, 6.07) is 44.9. The van der Waals surface area contributed by atoms with Gasteiger partial charge in [-0.1, -0.05) is 84.9 Å². The van der Waals surface area contributed by atoms with Crippen LogP contribution in [-0.2, 0) is 5.41 Å². The number of methoxy groups -OCH3 is 1. The average Bonchev–Trinajstić information content (AvgIpc) is 3.39. The molecule has 8 rings (SSSR count). The Kier molecular flexibility index (Phi) is 5.98. The topological polar surface area (TPSA) is 68.1 Å². The third-order valence-electron chi connectivity index (χ3n) is 8.66. The fourth-order valence-corrected chi connectivity index (χ4v) is 6.76. The first-order valence-corrected chi connectivity index (χ1v) is 14.5. The molecule has 0 amide bonds. The first-order valence-electron chi connectivity index (χ1n) is 14.5. The maximum atomic E-state index is 10.8. The summed E-state index contributed by atoms with van der Waals surface area (Å²) in [4.78, 5) is 14.6. The lowest BCUT2D eigenvalue weighted by atomic mass is 9.69. The Hall–Kier alpha value is -5.81. The van der Waals surface area contributed by atoms with E-state index in [2.05, 4.69) is 77.8 Å². The van der Waals surface area contributed by atoms with Crippen molar-refractivity contribution >= 4 is 10.9 Å². The minimum absolute atomic E-state index is 0.192. The first-order chi connectivity index (χ1) is 21.7. The number of hydrogen-bond donors (Lipinski definition) is 1. The summed E-state index contributed by atoms with van der Waals surface area (Å²) in [5.74, 6) is 0.913. The van der Waals surface area contributed by atoms with Crippen molar-refractivity contribution in [2.75, 3.05) is 7.11 Å². The third-order valence-corrected chi connectivity index (χ3v) is 8.66. The van der Waals surface area contributed by atoms with Crippen LogP contribution < -0.4 is 4.74 Å². The number of aromatic hydroxyl groups is 1. The number of para-hydroxylation sites is 2. The lowest BCUT2D eigenvalue weighted by molar-refractivity contribution is 0.414. The minimum atomic E-state index is -0.778. The van der Waals surface area contributed by atoms with Gasteiger partial charge >= 0.3 is 0 Å². The van der Waals surface area contributed by atoms with Gasteiger partial charge < -0.3 is 9.84 Å². The summed E-state index contributed by atoms with van der Waals surface area (Å²) in [5.41, 5.74) is 9.70. The smallest absolute Gasteiger partial charge is 0.124 e. The lowest BCUT2D eigenvalue weighted by Gasteiger charge is -2.33. The summed E-state index contributed by atoms with van der Waals surface area (Å²) in [6.45, 7) is 0. The van der Waals surface area contributed by atoms with Crippen LogP contribution in [0.25, 0.3) is 44.5 Å². The Morgan fingerprint density at radius 2 is 1.32 bits per heavy atom. The zero-order valence-corrected chi connectivity index (χ0v) is 24.0. The molecule has 0 saturated carbocycles. The van der Waals surface area contributed by atoms with Crippen LogP contribution in [-0.4, -0.2) is 27.2 Å². The summed E-state index contributed by atoms with van der Waals surface area (Å²) in [6.07, 6.45) is 1.62. The molecule has 0 unspecified atom stereocenters. The second-order valence-electron chi connectivity index (χ2n) is 11.0. The number of fused-ring (bicyclic) bond motifs is 4. The second-order valence-corrected chi connectivity index (χ2v) is 11.0. The van der Waals surface area contributed by atoms with Crippen LogP contribution >= 0.6 is 0 Å². The van der Waals surface area contributed by atoms with Crippen molar-refractivity contribution in [3.05, 3.63) is 162 Å². The number of rotatable bonds is 5. The SMILES string of the molecule is COc1cc(-c2ncnc3ccccc23)cc(C2(c3cccc(-c4ccccc4O)n3)c3ccccc3-c3ccccc32)c1. The molecule has 5 nitrogen and oxygen atoms in total. The highest BCUT2D eigenvalue weighted by Crippen LogP contribution is 2.56. The molecule has 0 aliphatic heterocycles. The van der Waals surface area contributed by atoms with Gasteiger partial charge in [0.15, 0.2) is 0 Å². The molecule has 1 N–H and O–H groups in total. The molecule has 2 aromatic heterocycles. The number of phenolic OH excluding ortho intramolecular Hbond substituents is 1. The van der Waals surface area contributed by atoms with E-state index in [1.165, 1.54) is 0 Å². The van der Waals surface area contributed by atoms with Gasteiger partial charge in [0.2, 0.25) is 0 Å². The maximum Gasteiger partial charge on any atom is 0.124 e. The quantitative estimate of drug-likeness (QED) is 0.225. The first kappa shape index (κ1) is 25.9. The summed E-state index contributed by atoms with van der Waals surface area (Å²) in [5, 5.41) is 11.7. The van der Waals surface area contributed by atoms with Crippen LogP contribution in [0.3, 0.4) is 0 Å². The molecule has 7 aromatic rings. The molecule has 0 fully saturated rings. The minimum Gasteiger partial charge on any atom is -0.507 e. The van der Waals surface area contributed by atoms with Gasteiger partial charge in [-0.2, -0.15) is 0 Å². The summed E-state index contributed by atoms with van der Waals surface area (Å²) < 4.78 is 5.96. The molecule has 0 radical (unpaired) electrons. The van der Waals surface area contributed by atoms with E-state index in [-0.39, 0.29) is 5.75 Å². The zero-order valence-electron chi connectivity index (χ0n) is 24.0. The van der Waals surface area contributed by atoms with Crippen LogP contribution in [0.15, 0.2) is 140 Å². The van der Waals surface area contributed by atoms with Crippen molar-refractivity contribution in [1.29, 1.82) is 0 Å². The molecule has 210 valence electrons. The number of benzene rings is 5. The van der Waals surface area contributed by atoms with Gasteiger partial charge in [0.25, 0.3) is 0 Å². The molecular weight excluding hydrogens is 542 g/mol. The monoisotopic (exact) mass is 569 g/mol. The normalized spacial score (nSPS) is 12.9. The predicted molar refractivity (Wildman–Crippen MR) is 174 cm³/mol. The summed E-state index contributed by atoms with van der Waals surface area (Å²) in [7, 11) is 1.70. The van der Waals surface area contributed by atoms with E-state index < -0.39 is 5.41 Å². The van der Waals surface area contributed by atoms with Crippen molar-refractivity contribution in [3.63, 3.8) is 0 Å². The number of aromatic nitrogens is 3. The Balaban J connectivity index is 1.48. The molecule has 44 heavy (non-hydrogen) atoms. The molecule has 1 aliphatic carbocycles. The van der Waals surface area contributed by atoms with Crippen molar-refractivity contribution in [3.8, 4) is 45.1 Å². The van der Waals surface area contributed by atoms with Gasteiger partial charge in [-0.15, -0.1) is 0 Å². The van der Waals surface area contributed by atoms with Crippen LogP contribution in [0.2, 0.25) is 0 Å². The van der Waals surface area contributed by atoms with E-state index in [1.54, 1.807) is 19.5 Å². The highest BCUT2D eigenvalue weighted by atomic mass is 16.5. The van der Waals surface area contributed by atoms with Crippen molar-refractivity contribution in [2.45, 2.75) is 5.41 Å². The number of ether oxygens (including phenoxy) is 1. The number of hydrogen-bond acceptors (Lipinski definition) is 5. The fraction of sp³-hybridized carbons (Fsp3) is 0.0513. The molecule has 0 saturated heterocycles. The molecule has 0 spiro atoms. The van der Waals surface area contributed by atoms with Crippen LogP contribution in [0.4, 0.5) is 0 Å². The van der Waals surface area contributed by atoms with Crippen molar-refractivity contribution in [2.24, 2.45) is 0 Å². The summed E-state index contributed by atoms with van der Waals surface area (Å²) >= 11 is 0. The Morgan fingerprint density at radius 3 is 2.07 bits per heavy atom. The van der Waals surface area contributed by atoms with Gasteiger partial charge in [0.1, 0.15) is 17.8 Å². The van der Waals surface area contributed by atoms with Crippen LogP contribution in [0.1, 0.15) is 22.4 Å². The Morgan fingerprint density at radius 1 is 0.636 bits per heavy atom. The van der Waals surface area contributed by atoms with Crippen molar-refractivity contribution < 1.29 is 9.84 Å². The molecule has 0 atom stereocenters. The van der Waals surface area contributed by atoms with Crippen LogP contribution in [0, 0.1) is 0 Å². The lowest BCUT2D eigenvalue weighted by Crippen LogP contribution is -2.30. The standard InChI is InChI=1S/C39H27N3O2/c1-44-27-22-25(38-31-14-4-8-17-34(31)40-24-41-38)21-26(23-27)39(32-15-6-2-11-28(32)29-12-3-7-16-33(29)39)37-20-10-18-35(42-37)30-13-5-9-19-36(30)43/h2-24,43H,1H3. The third kappa shape index (κ3) is 3.83. The second kappa shape index (κ2) is 10.2. The van der Waals surface area contributed by atoms with E-state index in [0.717, 1.165) is 61.4 Å². The van der Waals surface area contributed by atoms with Crippen molar-refractivity contribution in [1.82, 2.24) is 15.0 Å². The van der Waals surface area contributed by atoms with E-state index in [1.807, 2.05) is 54.6 Å². The fourth-order valence-electron chi connectivity index (χ4n) is 6.76. The van der Waals surface area contributed by atoms with E-state index in [0.29, 0.717) is 11.3 Å². The number of nitrogens with zero attached hydrogens (tertiary/aromatic N) is 3. The molecule has 1 aliphatic rings. The highest BCUT2D eigenvalue weighted by Gasteiger charge is 2.47. The largest absolute Gasteiger partial charge is 0.507 e. The number of pyridine rings is 1. The van der Waals surface area contributed by atoms with Gasteiger partial charge in [-0.25, -0.2) is 9.97 Å². The van der Waals surface area contributed by atoms with Gasteiger partial charge in [-0.3, -0.25) is 4.98 Å². The van der Waals surface area contributed by atoms with E-state index in [9.17, 15) is 5.11 Å². The number of phenols is 1.